The molecule has 0 aromatic carbocycles. The molecule has 1 saturated carbocycles. The Labute approximate surface area is 167 Å². The Balaban J connectivity index is 0.00000196. The average molecular weight is 399 g/mol. The molecule has 2 saturated heterocycles. The van der Waals surface area contributed by atoms with Crippen LogP contribution >= 0.6 is 23.7 Å². The van der Waals surface area contributed by atoms with E-state index in [-0.39, 0.29) is 12.4 Å². The van der Waals surface area contributed by atoms with E-state index in [2.05, 4.69) is 27.0 Å². The molecule has 0 bridgehead atoms. The van der Waals surface area contributed by atoms with E-state index in [0.717, 1.165) is 39.1 Å². The molecule has 146 valence electrons. The topological polar surface area (TPSA) is 41.6 Å². The molecular formula is C20H31ClN2O2S. The van der Waals surface area contributed by atoms with Gasteiger partial charge >= 0.3 is 0 Å². The summed E-state index contributed by atoms with van der Waals surface area (Å²) < 4.78 is 5.82. The summed E-state index contributed by atoms with van der Waals surface area (Å²) in [4.78, 5) is 15.3. The third-order valence-electron chi connectivity index (χ3n) is 6.33. The van der Waals surface area contributed by atoms with Gasteiger partial charge in [-0.3, -0.25) is 4.79 Å². The molecule has 26 heavy (non-hydrogen) atoms. The van der Waals surface area contributed by atoms with E-state index in [4.69, 9.17) is 4.74 Å². The minimum atomic E-state index is 0. The molecule has 4 nitrogen and oxygen atoms in total. The highest BCUT2D eigenvalue weighted by molar-refractivity contribution is 7.07. The Morgan fingerprint density at radius 3 is 2.88 bits per heavy atom. The van der Waals surface area contributed by atoms with Crippen molar-refractivity contribution < 1.29 is 9.53 Å². The third kappa shape index (κ3) is 4.61. The van der Waals surface area contributed by atoms with Gasteiger partial charge in [0.2, 0.25) is 5.91 Å². The largest absolute Gasteiger partial charge is 0.378 e. The van der Waals surface area contributed by atoms with Crippen molar-refractivity contribution >= 4 is 29.7 Å². The smallest absolute Gasteiger partial charge is 0.223 e. The first kappa shape index (κ1) is 20.1. The number of carbonyl (C=O) groups excluding carboxylic acids is 1. The van der Waals surface area contributed by atoms with Crippen molar-refractivity contribution in [3.05, 3.63) is 22.4 Å². The summed E-state index contributed by atoms with van der Waals surface area (Å²) in [5.41, 5.74) is 1.68. The Kier molecular flexibility index (Phi) is 7.00. The van der Waals surface area contributed by atoms with Crippen molar-refractivity contribution in [2.45, 2.75) is 70.1 Å². The highest BCUT2D eigenvalue weighted by Gasteiger charge is 2.57. The molecule has 1 N–H and O–H groups in total. The summed E-state index contributed by atoms with van der Waals surface area (Å²) in [5, 5.41) is 7.76. The number of thiophene rings is 1. The van der Waals surface area contributed by atoms with Crippen LogP contribution in [-0.4, -0.2) is 42.6 Å². The quantitative estimate of drug-likeness (QED) is 0.787. The molecule has 6 heteroatoms. The summed E-state index contributed by atoms with van der Waals surface area (Å²) in [6.45, 7) is 3.86. The van der Waals surface area contributed by atoms with Gasteiger partial charge in [-0.25, -0.2) is 0 Å². The monoisotopic (exact) mass is 398 g/mol. The predicted molar refractivity (Wildman–Crippen MR) is 108 cm³/mol. The summed E-state index contributed by atoms with van der Waals surface area (Å²) in [7, 11) is 0. The Morgan fingerprint density at radius 2 is 2.19 bits per heavy atom. The van der Waals surface area contributed by atoms with Crippen LogP contribution in [0.25, 0.3) is 0 Å². The van der Waals surface area contributed by atoms with E-state index >= 15 is 0 Å². The molecule has 1 aliphatic carbocycles. The summed E-state index contributed by atoms with van der Waals surface area (Å²) in [6, 6.07) is 2.61. The van der Waals surface area contributed by atoms with E-state index in [1.54, 1.807) is 11.3 Å². The maximum Gasteiger partial charge on any atom is 0.223 e. The lowest BCUT2D eigenvalue weighted by molar-refractivity contribution is -0.134. The molecule has 1 amide bonds. The van der Waals surface area contributed by atoms with Gasteiger partial charge in [-0.2, -0.15) is 11.3 Å². The molecule has 2 aliphatic heterocycles. The van der Waals surface area contributed by atoms with E-state index in [1.165, 1.54) is 37.7 Å². The van der Waals surface area contributed by atoms with Crippen LogP contribution in [0, 0.1) is 5.41 Å². The second kappa shape index (κ2) is 9.05. The van der Waals surface area contributed by atoms with Gasteiger partial charge in [-0.15, -0.1) is 12.4 Å². The lowest BCUT2D eigenvalue weighted by Crippen LogP contribution is -2.39. The van der Waals surface area contributed by atoms with Gasteiger partial charge in [0.25, 0.3) is 0 Å². The zero-order chi connectivity index (χ0) is 17.1. The van der Waals surface area contributed by atoms with Gasteiger partial charge in [-0.05, 0) is 85.8 Å². The molecule has 2 atom stereocenters. The van der Waals surface area contributed by atoms with Crippen molar-refractivity contribution in [3.63, 3.8) is 0 Å². The standard InChI is InChI=1S/C20H30N2O2S.ClH/c23-19(5-4-17-3-1-2-11-24-17)22(14-16-6-12-25-15-16)18-13-20(18)7-9-21-10-8-20;/h6,12,15,17-18,21H,1-5,7-11,13-14H2;1H. The molecule has 3 aliphatic rings. The zero-order valence-corrected chi connectivity index (χ0v) is 17.1. The molecule has 0 radical (unpaired) electrons. The zero-order valence-electron chi connectivity index (χ0n) is 15.5. The number of nitrogens with one attached hydrogen (secondary N) is 1. The molecule has 1 aromatic heterocycles. The van der Waals surface area contributed by atoms with Crippen LogP contribution in [0.4, 0.5) is 0 Å². The summed E-state index contributed by atoms with van der Waals surface area (Å²) in [5.74, 6) is 0.334. The van der Waals surface area contributed by atoms with Crippen molar-refractivity contribution in [3.8, 4) is 0 Å². The maximum atomic E-state index is 13.1. The lowest BCUT2D eigenvalue weighted by atomic mass is 9.93. The van der Waals surface area contributed by atoms with Crippen molar-refractivity contribution in [1.29, 1.82) is 0 Å². The highest BCUT2D eigenvalue weighted by Crippen LogP contribution is 2.56. The predicted octanol–water partition coefficient (Wildman–Crippen LogP) is 3.99. The number of halogens is 1. The van der Waals surface area contributed by atoms with Gasteiger partial charge in [0.05, 0.1) is 6.10 Å². The van der Waals surface area contributed by atoms with Gasteiger partial charge < -0.3 is 15.0 Å². The van der Waals surface area contributed by atoms with E-state index in [9.17, 15) is 4.79 Å². The van der Waals surface area contributed by atoms with Crippen molar-refractivity contribution in [2.24, 2.45) is 5.41 Å². The van der Waals surface area contributed by atoms with Crippen molar-refractivity contribution in [2.75, 3.05) is 19.7 Å². The maximum absolute atomic E-state index is 13.1. The Bertz CT molecular complexity index is 568. The van der Waals surface area contributed by atoms with Crippen LogP contribution in [0.3, 0.4) is 0 Å². The second-order valence-corrected chi connectivity index (χ2v) is 8.79. The minimum Gasteiger partial charge on any atom is -0.378 e. The molecule has 1 spiro atoms. The molecule has 2 unspecified atom stereocenters. The first-order valence-electron chi connectivity index (χ1n) is 9.90. The fourth-order valence-electron chi connectivity index (χ4n) is 4.64. The molecular weight excluding hydrogens is 368 g/mol. The Morgan fingerprint density at radius 1 is 1.35 bits per heavy atom. The fourth-order valence-corrected chi connectivity index (χ4v) is 5.30. The SMILES string of the molecule is Cl.O=C(CCC1CCCCO1)N(Cc1ccsc1)C1CC12CCNCC2. The van der Waals surface area contributed by atoms with Crippen LogP contribution in [0.5, 0.6) is 0 Å². The second-order valence-electron chi connectivity index (χ2n) is 8.01. The molecule has 3 fully saturated rings. The number of nitrogens with zero attached hydrogens (tertiary/aromatic N) is 1. The number of carbonyl (C=O) groups is 1. The van der Waals surface area contributed by atoms with Gasteiger partial charge in [0.1, 0.15) is 0 Å². The van der Waals surface area contributed by atoms with Crippen LogP contribution in [0.15, 0.2) is 16.8 Å². The van der Waals surface area contributed by atoms with Crippen LogP contribution in [0.2, 0.25) is 0 Å². The molecule has 1 aromatic rings. The number of amides is 1. The molecule has 4 rings (SSSR count). The van der Waals surface area contributed by atoms with E-state index in [1.807, 2.05) is 0 Å². The highest BCUT2D eigenvalue weighted by atomic mass is 35.5. The average Bonchev–Trinajstić information content (AvgIpc) is 3.08. The lowest BCUT2D eigenvalue weighted by Gasteiger charge is -2.30. The van der Waals surface area contributed by atoms with Gasteiger partial charge in [-0.1, -0.05) is 0 Å². The van der Waals surface area contributed by atoms with Crippen LogP contribution in [0.1, 0.15) is 56.9 Å². The van der Waals surface area contributed by atoms with E-state index in [0.29, 0.717) is 29.9 Å². The van der Waals surface area contributed by atoms with Gasteiger partial charge in [0.15, 0.2) is 0 Å². The van der Waals surface area contributed by atoms with Gasteiger partial charge in [0, 0.05) is 25.6 Å². The number of hydrogen-bond acceptors (Lipinski definition) is 4. The minimum absolute atomic E-state index is 0. The van der Waals surface area contributed by atoms with Crippen molar-refractivity contribution in [1.82, 2.24) is 10.2 Å². The molecule has 3 heterocycles. The number of rotatable bonds is 6. The number of ether oxygens (including phenoxy) is 1. The summed E-state index contributed by atoms with van der Waals surface area (Å²) in [6.07, 6.45) is 9.01. The first-order chi connectivity index (χ1) is 12.3. The fraction of sp³-hybridized carbons (Fsp3) is 0.750. The first-order valence-corrected chi connectivity index (χ1v) is 10.8. The van der Waals surface area contributed by atoms with Crippen LogP contribution < -0.4 is 5.32 Å². The van der Waals surface area contributed by atoms with Crippen LogP contribution in [-0.2, 0) is 16.1 Å². The normalized spacial score (nSPS) is 26.9. The number of hydrogen-bond donors (Lipinski definition) is 1. The number of piperidine rings is 1. The summed E-state index contributed by atoms with van der Waals surface area (Å²) >= 11 is 1.72. The Hall–Kier alpha value is -0.620. The van der Waals surface area contributed by atoms with E-state index < -0.39 is 0 Å². The third-order valence-corrected chi connectivity index (χ3v) is 7.06.